The lowest BCUT2D eigenvalue weighted by Crippen LogP contribution is -2.00. The van der Waals surface area contributed by atoms with E-state index in [1.165, 1.54) is 0 Å². The van der Waals surface area contributed by atoms with Crippen molar-refractivity contribution in [3.8, 4) is 0 Å². The minimum atomic E-state index is -0.791. The Balaban J connectivity index is 3.28. The SMILES string of the molecule is C=CC(=O)c1cc([N+](=O)[O-])ccc1F. The van der Waals surface area contributed by atoms with E-state index < -0.39 is 16.5 Å². The van der Waals surface area contributed by atoms with Crippen LogP contribution in [0.15, 0.2) is 30.9 Å². The van der Waals surface area contributed by atoms with Crippen molar-refractivity contribution in [3.05, 3.63) is 52.3 Å². The topological polar surface area (TPSA) is 60.2 Å². The maximum absolute atomic E-state index is 13.0. The molecule has 0 heterocycles. The van der Waals surface area contributed by atoms with E-state index >= 15 is 0 Å². The van der Waals surface area contributed by atoms with Crippen molar-refractivity contribution < 1.29 is 14.1 Å². The van der Waals surface area contributed by atoms with E-state index in [0.29, 0.717) is 0 Å². The molecule has 0 aliphatic carbocycles. The van der Waals surface area contributed by atoms with Gasteiger partial charge in [-0.25, -0.2) is 4.39 Å². The molecule has 0 N–H and O–H groups in total. The Morgan fingerprint density at radius 2 is 2.21 bits per heavy atom. The lowest BCUT2D eigenvalue weighted by molar-refractivity contribution is -0.384. The third-order valence-electron chi connectivity index (χ3n) is 1.61. The normalized spacial score (nSPS) is 9.50. The average Bonchev–Trinajstić information content (AvgIpc) is 2.17. The molecule has 1 aromatic carbocycles. The van der Waals surface area contributed by atoms with E-state index in [1.54, 1.807) is 0 Å². The Morgan fingerprint density at radius 1 is 1.57 bits per heavy atom. The molecule has 0 unspecified atom stereocenters. The second-order valence-corrected chi connectivity index (χ2v) is 2.49. The van der Waals surface area contributed by atoms with Crippen LogP contribution in [-0.4, -0.2) is 10.7 Å². The number of allylic oxidation sites excluding steroid dienone is 1. The quantitative estimate of drug-likeness (QED) is 0.321. The van der Waals surface area contributed by atoms with E-state index in [1.807, 2.05) is 0 Å². The van der Waals surface area contributed by atoms with Gasteiger partial charge in [-0.2, -0.15) is 0 Å². The van der Waals surface area contributed by atoms with Gasteiger partial charge >= 0.3 is 0 Å². The average molecular weight is 195 g/mol. The molecule has 72 valence electrons. The van der Waals surface area contributed by atoms with Gasteiger partial charge in [0.05, 0.1) is 10.5 Å². The van der Waals surface area contributed by atoms with Crippen LogP contribution in [0.1, 0.15) is 10.4 Å². The molecular formula is C9H6FNO3. The molecule has 4 nitrogen and oxygen atoms in total. The highest BCUT2D eigenvalue weighted by atomic mass is 19.1. The van der Waals surface area contributed by atoms with Crippen molar-refractivity contribution in [2.75, 3.05) is 0 Å². The summed E-state index contributed by atoms with van der Waals surface area (Å²) in [6.45, 7) is 3.17. The number of hydrogen-bond donors (Lipinski definition) is 0. The number of hydrogen-bond acceptors (Lipinski definition) is 3. The molecule has 0 bridgehead atoms. The number of benzene rings is 1. The van der Waals surface area contributed by atoms with Crippen LogP contribution in [0.2, 0.25) is 0 Å². The van der Waals surface area contributed by atoms with Gasteiger partial charge in [0.15, 0.2) is 5.78 Å². The first-order valence-corrected chi connectivity index (χ1v) is 3.67. The summed E-state index contributed by atoms with van der Waals surface area (Å²) in [7, 11) is 0. The highest BCUT2D eigenvalue weighted by Gasteiger charge is 2.14. The number of carbonyl (C=O) groups is 1. The molecule has 0 radical (unpaired) electrons. The van der Waals surface area contributed by atoms with Gasteiger partial charge in [-0.1, -0.05) is 6.58 Å². The standard InChI is InChI=1S/C9H6FNO3/c1-2-9(12)7-5-6(11(13)14)3-4-8(7)10/h2-5H,1H2. The van der Waals surface area contributed by atoms with Crippen molar-refractivity contribution in [2.24, 2.45) is 0 Å². The van der Waals surface area contributed by atoms with E-state index in [9.17, 15) is 19.3 Å². The molecule has 1 aromatic rings. The molecule has 0 fully saturated rings. The van der Waals surface area contributed by atoms with Gasteiger partial charge in [0.2, 0.25) is 0 Å². The Morgan fingerprint density at radius 3 is 2.71 bits per heavy atom. The Labute approximate surface area is 78.8 Å². The number of non-ortho nitro benzene ring substituents is 1. The lowest BCUT2D eigenvalue weighted by Gasteiger charge is -1.97. The smallest absolute Gasteiger partial charge is 0.270 e. The largest absolute Gasteiger partial charge is 0.289 e. The molecule has 0 spiro atoms. The van der Waals surface area contributed by atoms with Crippen LogP contribution >= 0.6 is 0 Å². The number of halogens is 1. The fourth-order valence-corrected chi connectivity index (χ4v) is 0.926. The van der Waals surface area contributed by atoms with Crippen molar-refractivity contribution in [1.82, 2.24) is 0 Å². The Bertz CT molecular complexity index is 415. The van der Waals surface area contributed by atoms with E-state index in [0.717, 1.165) is 24.3 Å². The van der Waals surface area contributed by atoms with Gasteiger partial charge in [0.1, 0.15) is 5.82 Å². The van der Waals surface area contributed by atoms with Crippen molar-refractivity contribution in [3.63, 3.8) is 0 Å². The van der Waals surface area contributed by atoms with Crippen LogP contribution in [0.4, 0.5) is 10.1 Å². The first-order valence-electron chi connectivity index (χ1n) is 3.67. The first-order chi connectivity index (χ1) is 6.56. The van der Waals surface area contributed by atoms with Crippen LogP contribution in [0, 0.1) is 15.9 Å². The maximum atomic E-state index is 13.0. The fraction of sp³-hybridized carbons (Fsp3) is 0. The summed E-state index contributed by atoms with van der Waals surface area (Å²) in [5.41, 5.74) is -0.661. The van der Waals surface area contributed by atoms with Gasteiger partial charge in [0, 0.05) is 12.1 Å². The van der Waals surface area contributed by atoms with Crippen LogP contribution in [0.3, 0.4) is 0 Å². The first kappa shape index (κ1) is 10.0. The molecule has 5 heteroatoms. The van der Waals surface area contributed by atoms with Gasteiger partial charge in [-0.3, -0.25) is 14.9 Å². The molecular weight excluding hydrogens is 189 g/mol. The summed E-state index contributed by atoms with van der Waals surface area (Å²) in [6, 6.07) is 2.77. The number of nitro benzene ring substituents is 1. The molecule has 0 aromatic heterocycles. The fourth-order valence-electron chi connectivity index (χ4n) is 0.926. The van der Waals surface area contributed by atoms with Crippen molar-refractivity contribution >= 4 is 11.5 Å². The van der Waals surface area contributed by atoms with Crippen LogP contribution in [0.25, 0.3) is 0 Å². The predicted molar refractivity (Wildman–Crippen MR) is 47.6 cm³/mol. The summed E-state index contributed by atoms with van der Waals surface area (Å²) in [4.78, 5) is 20.7. The lowest BCUT2D eigenvalue weighted by atomic mass is 10.1. The number of carbonyl (C=O) groups excluding carboxylic acids is 1. The zero-order valence-corrected chi connectivity index (χ0v) is 7.07. The molecule has 0 saturated carbocycles. The molecule has 1 rings (SSSR count). The molecule has 0 saturated heterocycles. The highest BCUT2D eigenvalue weighted by Crippen LogP contribution is 2.17. The molecule has 0 aliphatic rings. The number of ketones is 1. The molecule has 0 atom stereocenters. The number of rotatable bonds is 3. The minimum Gasteiger partial charge on any atom is -0.289 e. The van der Waals surface area contributed by atoms with Crippen LogP contribution < -0.4 is 0 Å². The summed E-state index contributed by atoms with van der Waals surface area (Å²) in [5.74, 6) is -1.47. The van der Waals surface area contributed by atoms with Gasteiger partial charge in [-0.15, -0.1) is 0 Å². The predicted octanol–water partition coefficient (Wildman–Crippen LogP) is 2.10. The van der Waals surface area contributed by atoms with Gasteiger partial charge in [-0.05, 0) is 12.1 Å². The second-order valence-electron chi connectivity index (χ2n) is 2.49. The number of nitrogens with zero attached hydrogens (tertiary/aromatic N) is 1. The zero-order chi connectivity index (χ0) is 10.7. The Hall–Kier alpha value is -2.04. The zero-order valence-electron chi connectivity index (χ0n) is 7.07. The van der Waals surface area contributed by atoms with Gasteiger partial charge in [0.25, 0.3) is 5.69 Å². The van der Waals surface area contributed by atoms with E-state index in [2.05, 4.69) is 6.58 Å². The van der Waals surface area contributed by atoms with Crippen molar-refractivity contribution in [1.29, 1.82) is 0 Å². The summed E-state index contributed by atoms with van der Waals surface area (Å²) in [5, 5.41) is 10.3. The molecule has 0 amide bonds. The van der Waals surface area contributed by atoms with E-state index in [4.69, 9.17) is 0 Å². The van der Waals surface area contributed by atoms with Crippen LogP contribution in [-0.2, 0) is 0 Å². The Kier molecular flexibility index (Phi) is 2.71. The summed E-state index contributed by atoms with van der Waals surface area (Å²) >= 11 is 0. The van der Waals surface area contributed by atoms with Gasteiger partial charge < -0.3 is 0 Å². The summed E-state index contributed by atoms with van der Waals surface area (Å²) < 4.78 is 13.0. The molecule has 14 heavy (non-hydrogen) atoms. The second kappa shape index (κ2) is 3.78. The monoisotopic (exact) mass is 195 g/mol. The van der Waals surface area contributed by atoms with E-state index in [-0.39, 0.29) is 11.3 Å². The number of nitro groups is 1. The third-order valence-corrected chi connectivity index (χ3v) is 1.61. The third kappa shape index (κ3) is 1.82. The summed E-state index contributed by atoms with van der Waals surface area (Å²) in [6.07, 6.45) is 0.905. The van der Waals surface area contributed by atoms with Crippen molar-refractivity contribution in [2.45, 2.75) is 0 Å². The highest BCUT2D eigenvalue weighted by molar-refractivity contribution is 6.04. The maximum Gasteiger partial charge on any atom is 0.270 e. The minimum absolute atomic E-state index is 0.323. The molecule has 0 aliphatic heterocycles. The van der Waals surface area contributed by atoms with Crippen LogP contribution in [0.5, 0.6) is 0 Å².